The van der Waals surface area contributed by atoms with E-state index in [1.807, 2.05) is 88.4 Å². The first-order valence-corrected chi connectivity index (χ1v) is 11.8. The third-order valence-electron chi connectivity index (χ3n) is 5.97. The van der Waals surface area contributed by atoms with Gasteiger partial charge in [-0.1, -0.05) is 101 Å². The molecule has 0 saturated heterocycles. The molecule has 2 amide bonds. The van der Waals surface area contributed by atoms with E-state index in [-0.39, 0.29) is 25.0 Å². The van der Waals surface area contributed by atoms with Gasteiger partial charge in [-0.25, -0.2) is 9.59 Å². The molecule has 2 aromatic carbocycles. The van der Waals surface area contributed by atoms with Gasteiger partial charge in [0.05, 0.1) is 0 Å². The van der Waals surface area contributed by atoms with E-state index in [4.69, 9.17) is 9.47 Å². The molecule has 34 heavy (non-hydrogen) atoms. The summed E-state index contributed by atoms with van der Waals surface area (Å²) >= 11 is 0. The Morgan fingerprint density at radius 2 is 1.18 bits per heavy atom. The SMILES string of the molecule is CC[C@@H](C)[C@H](NC(=O)[C@H](NC(=O)OCc1ccccc1)[C@@H](C)CC)C(=O)OCc1ccccc1. The molecule has 2 rings (SSSR count). The fourth-order valence-electron chi connectivity index (χ4n) is 3.32. The highest BCUT2D eigenvalue weighted by Crippen LogP contribution is 2.14. The minimum atomic E-state index is -0.846. The van der Waals surface area contributed by atoms with Crippen molar-refractivity contribution in [2.45, 2.75) is 65.8 Å². The first-order chi connectivity index (χ1) is 16.3. The Kier molecular flexibility index (Phi) is 11.1. The van der Waals surface area contributed by atoms with Crippen molar-refractivity contribution >= 4 is 18.0 Å². The van der Waals surface area contributed by atoms with Crippen molar-refractivity contribution in [3.63, 3.8) is 0 Å². The van der Waals surface area contributed by atoms with Crippen LogP contribution in [0.1, 0.15) is 51.7 Å². The van der Waals surface area contributed by atoms with E-state index in [0.717, 1.165) is 11.1 Å². The third-order valence-corrected chi connectivity index (χ3v) is 5.97. The molecular weight excluding hydrogens is 432 g/mol. The van der Waals surface area contributed by atoms with Crippen molar-refractivity contribution < 1.29 is 23.9 Å². The minimum absolute atomic E-state index is 0.100. The number of benzene rings is 2. The number of alkyl carbamates (subject to hydrolysis) is 1. The van der Waals surface area contributed by atoms with Crippen LogP contribution in [0.2, 0.25) is 0 Å². The fourth-order valence-corrected chi connectivity index (χ4v) is 3.32. The van der Waals surface area contributed by atoms with E-state index in [1.54, 1.807) is 0 Å². The standard InChI is InChI=1S/C27H36N2O5/c1-5-19(3)23(29-27(32)34-18-22-15-11-8-12-16-22)25(30)28-24(20(4)6-2)26(31)33-17-21-13-9-7-10-14-21/h7-16,19-20,23-24H,5-6,17-18H2,1-4H3,(H,28,30)(H,29,32)/t19-,20+,23+,24-/m0/s1. The Morgan fingerprint density at radius 1 is 0.706 bits per heavy atom. The predicted molar refractivity (Wildman–Crippen MR) is 131 cm³/mol. The van der Waals surface area contributed by atoms with Crippen LogP contribution in [-0.4, -0.2) is 30.1 Å². The Morgan fingerprint density at radius 3 is 1.68 bits per heavy atom. The van der Waals surface area contributed by atoms with Crippen molar-refractivity contribution in [1.29, 1.82) is 0 Å². The molecule has 0 unspecified atom stereocenters. The molecule has 2 aromatic rings. The molecule has 0 fully saturated rings. The second-order valence-corrected chi connectivity index (χ2v) is 8.53. The van der Waals surface area contributed by atoms with E-state index in [0.29, 0.717) is 12.8 Å². The van der Waals surface area contributed by atoms with Gasteiger partial charge in [-0.05, 0) is 23.0 Å². The van der Waals surface area contributed by atoms with Crippen LogP contribution >= 0.6 is 0 Å². The molecule has 0 radical (unpaired) electrons. The average molecular weight is 469 g/mol. The van der Waals surface area contributed by atoms with E-state index in [2.05, 4.69) is 10.6 Å². The number of amides is 2. The summed E-state index contributed by atoms with van der Waals surface area (Å²) in [6.45, 7) is 7.86. The van der Waals surface area contributed by atoms with Gasteiger partial charge in [0.2, 0.25) is 5.91 Å². The van der Waals surface area contributed by atoms with Gasteiger partial charge >= 0.3 is 12.1 Å². The van der Waals surface area contributed by atoms with Crippen LogP contribution in [0.5, 0.6) is 0 Å². The number of hydrogen-bond acceptors (Lipinski definition) is 5. The van der Waals surface area contributed by atoms with Crippen molar-refractivity contribution in [1.82, 2.24) is 10.6 Å². The number of ether oxygens (including phenoxy) is 2. The molecule has 4 atom stereocenters. The Hall–Kier alpha value is -3.35. The summed E-state index contributed by atoms with van der Waals surface area (Å²) in [5.41, 5.74) is 1.71. The highest BCUT2D eigenvalue weighted by Gasteiger charge is 2.33. The topological polar surface area (TPSA) is 93.7 Å². The molecule has 0 aliphatic rings. The molecule has 0 aliphatic carbocycles. The lowest BCUT2D eigenvalue weighted by Gasteiger charge is -2.28. The van der Waals surface area contributed by atoms with Crippen LogP contribution in [-0.2, 0) is 32.3 Å². The summed E-state index contributed by atoms with van der Waals surface area (Å²) in [5, 5.41) is 5.49. The number of carbonyl (C=O) groups excluding carboxylic acids is 3. The van der Waals surface area contributed by atoms with Crippen molar-refractivity contribution in [2.24, 2.45) is 11.8 Å². The summed E-state index contributed by atoms with van der Waals surface area (Å²) in [6, 6.07) is 17.0. The summed E-state index contributed by atoms with van der Waals surface area (Å²) in [5.74, 6) is -1.24. The molecule has 7 heteroatoms. The molecule has 0 saturated carbocycles. The van der Waals surface area contributed by atoms with E-state index >= 15 is 0 Å². The lowest BCUT2D eigenvalue weighted by Crippen LogP contribution is -2.55. The average Bonchev–Trinajstić information content (AvgIpc) is 2.87. The molecule has 0 spiro atoms. The Labute approximate surface area is 202 Å². The molecule has 7 nitrogen and oxygen atoms in total. The molecule has 2 N–H and O–H groups in total. The zero-order valence-corrected chi connectivity index (χ0v) is 20.5. The van der Waals surface area contributed by atoms with Gasteiger partial charge in [0.1, 0.15) is 25.3 Å². The molecule has 0 heterocycles. The first kappa shape index (κ1) is 26.9. The summed E-state index contributed by atoms with van der Waals surface area (Å²) < 4.78 is 10.8. The quantitative estimate of drug-likeness (QED) is 0.444. The normalized spacial score (nSPS) is 14.2. The van der Waals surface area contributed by atoms with Gasteiger partial charge in [0.25, 0.3) is 0 Å². The van der Waals surface area contributed by atoms with Crippen LogP contribution in [0, 0.1) is 11.8 Å². The van der Waals surface area contributed by atoms with Gasteiger partial charge in [-0.2, -0.15) is 0 Å². The minimum Gasteiger partial charge on any atom is -0.459 e. The molecule has 0 aliphatic heterocycles. The molecule has 184 valence electrons. The maximum absolute atomic E-state index is 13.2. The van der Waals surface area contributed by atoms with Crippen LogP contribution < -0.4 is 10.6 Å². The van der Waals surface area contributed by atoms with Gasteiger partial charge in [0.15, 0.2) is 0 Å². The largest absolute Gasteiger partial charge is 0.459 e. The predicted octanol–water partition coefficient (Wildman–Crippen LogP) is 4.60. The number of esters is 1. The second kappa shape index (κ2) is 14.0. The van der Waals surface area contributed by atoms with Crippen LogP contribution in [0.3, 0.4) is 0 Å². The number of hydrogen-bond donors (Lipinski definition) is 2. The second-order valence-electron chi connectivity index (χ2n) is 8.53. The van der Waals surface area contributed by atoms with Gasteiger partial charge in [0, 0.05) is 0 Å². The van der Waals surface area contributed by atoms with Crippen LogP contribution in [0.15, 0.2) is 60.7 Å². The maximum Gasteiger partial charge on any atom is 0.408 e. The van der Waals surface area contributed by atoms with Crippen molar-refractivity contribution in [2.75, 3.05) is 0 Å². The fraction of sp³-hybridized carbons (Fsp3) is 0.444. The third kappa shape index (κ3) is 8.54. The highest BCUT2D eigenvalue weighted by molar-refractivity contribution is 5.90. The van der Waals surface area contributed by atoms with Crippen molar-refractivity contribution in [3.05, 3.63) is 71.8 Å². The molecule has 0 bridgehead atoms. The zero-order chi connectivity index (χ0) is 24.9. The van der Waals surface area contributed by atoms with Crippen LogP contribution in [0.4, 0.5) is 4.79 Å². The lowest BCUT2D eigenvalue weighted by atomic mass is 9.95. The van der Waals surface area contributed by atoms with Gasteiger partial charge in [-0.3, -0.25) is 4.79 Å². The Balaban J connectivity index is 2.02. The molecular formula is C27H36N2O5. The van der Waals surface area contributed by atoms with E-state index in [9.17, 15) is 14.4 Å². The maximum atomic E-state index is 13.2. The highest BCUT2D eigenvalue weighted by atomic mass is 16.5. The molecule has 0 aromatic heterocycles. The number of rotatable bonds is 12. The van der Waals surface area contributed by atoms with Crippen molar-refractivity contribution in [3.8, 4) is 0 Å². The summed E-state index contributed by atoms with van der Waals surface area (Å²) in [4.78, 5) is 38.4. The lowest BCUT2D eigenvalue weighted by molar-refractivity contribution is -0.151. The van der Waals surface area contributed by atoms with E-state index < -0.39 is 30.1 Å². The summed E-state index contributed by atoms with van der Waals surface area (Å²) in [6.07, 6.45) is 0.645. The summed E-state index contributed by atoms with van der Waals surface area (Å²) in [7, 11) is 0. The Bertz CT molecular complexity index is 904. The smallest absolute Gasteiger partial charge is 0.408 e. The number of nitrogens with one attached hydrogen (secondary N) is 2. The number of carbonyl (C=O) groups is 3. The van der Waals surface area contributed by atoms with Crippen LogP contribution in [0.25, 0.3) is 0 Å². The monoisotopic (exact) mass is 468 g/mol. The van der Waals surface area contributed by atoms with E-state index in [1.165, 1.54) is 0 Å². The van der Waals surface area contributed by atoms with Gasteiger partial charge in [-0.15, -0.1) is 0 Å². The first-order valence-electron chi connectivity index (χ1n) is 11.8. The zero-order valence-electron chi connectivity index (χ0n) is 20.5. The van der Waals surface area contributed by atoms with Gasteiger partial charge < -0.3 is 20.1 Å².